The van der Waals surface area contributed by atoms with E-state index in [0.717, 1.165) is 33.6 Å². The first-order valence-corrected chi connectivity index (χ1v) is 17.2. The van der Waals surface area contributed by atoms with E-state index in [-0.39, 0.29) is 0 Å². The van der Waals surface area contributed by atoms with E-state index in [1.54, 1.807) is 0 Å². The molecule has 0 radical (unpaired) electrons. The molecule has 0 fully saturated rings. The van der Waals surface area contributed by atoms with Gasteiger partial charge in [-0.1, -0.05) is 140 Å². The number of benzene rings is 4. The highest BCUT2D eigenvalue weighted by Crippen LogP contribution is 2.34. The van der Waals surface area contributed by atoms with Crippen molar-refractivity contribution in [1.82, 2.24) is 15.0 Å². The fraction of sp³-hybridized carbons (Fsp3) is 0. The molecule has 4 aromatic carbocycles. The van der Waals surface area contributed by atoms with Crippen LogP contribution in [-0.2, 0) is 0 Å². The zero-order chi connectivity index (χ0) is 29.6. The Morgan fingerprint density at radius 1 is 0.250 bits per heavy atom. The Morgan fingerprint density at radius 3 is 0.841 bits per heavy atom. The molecular weight excluding hydrogens is 572 g/mol. The van der Waals surface area contributed by atoms with Crippen LogP contribution in [0.15, 0.2) is 176 Å². The van der Waals surface area contributed by atoms with Crippen LogP contribution in [0.25, 0.3) is 22.8 Å². The minimum absolute atomic E-state index is 0.809. The summed E-state index contributed by atoms with van der Waals surface area (Å²) in [7, 11) is -1.62. The fourth-order valence-corrected chi connectivity index (χ4v) is 9.66. The van der Waals surface area contributed by atoms with Crippen LogP contribution in [0.5, 0.6) is 0 Å². The third-order valence-electron chi connectivity index (χ3n) is 7.26. The van der Waals surface area contributed by atoms with Gasteiger partial charge < -0.3 is 0 Å². The molecule has 0 saturated heterocycles. The molecule has 0 aliphatic heterocycles. The van der Waals surface area contributed by atoms with Crippen LogP contribution in [0.4, 0.5) is 0 Å². The van der Waals surface area contributed by atoms with Gasteiger partial charge in [0, 0.05) is 15.8 Å². The molecule has 0 unspecified atom stereocenters. The number of rotatable bonds is 8. The van der Waals surface area contributed by atoms with E-state index in [1.165, 1.54) is 21.2 Å². The van der Waals surface area contributed by atoms with Crippen molar-refractivity contribution in [2.45, 2.75) is 0 Å². The Balaban J connectivity index is 1.26. The molecule has 0 N–H and O–H groups in total. The molecule has 3 aromatic heterocycles. The van der Waals surface area contributed by atoms with Crippen molar-refractivity contribution in [1.29, 1.82) is 0 Å². The molecule has 7 rings (SSSR count). The zero-order valence-electron chi connectivity index (χ0n) is 24.0. The summed E-state index contributed by atoms with van der Waals surface area (Å²) in [6.45, 7) is 0. The van der Waals surface area contributed by atoms with Crippen molar-refractivity contribution >= 4 is 47.9 Å². The van der Waals surface area contributed by atoms with Crippen molar-refractivity contribution < 1.29 is 0 Å². The molecule has 3 heterocycles. The maximum atomic E-state index is 5.21. The summed E-state index contributed by atoms with van der Waals surface area (Å²) >= 11 is 0. The van der Waals surface area contributed by atoms with E-state index in [1.807, 2.05) is 24.3 Å². The van der Waals surface area contributed by atoms with Gasteiger partial charge in [0.2, 0.25) is 0 Å². The van der Waals surface area contributed by atoms with Crippen LogP contribution in [0.1, 0.15) is 0 Å². The smallest absolute Gasteiger partial charge is 0.0894 e. The van der Waals surface area contributed by atoms with E-state index >= 15 is 0 Å². The highest BCUT2D eigenvalue weighted by Gasteiger charge is 2.20. The first-order valence-electron chi connectivity index (χ1n) is 14.6. The highest BCUT2D eigenvalue weighted by atomic mass is 31.1. The predicted molar refractivity (Wildman–Crippen MR) is 188 cm³/mol. The van der Waals surface area contributed by atoms with Gasteiger partial charge in [-0.3, -0.25) is 0 Å². The minimum atomic E-state index is -0.809. The lowest BCUT2D eigenvalue weighted by Gasteiger charge is -2.19. The second-order valence-corrected chi connectivity index (χ2v) is 14.5. The normalized spacial score (nSPS) is 11.1. The van der Waals surface area contributed by atoms with Gasteiger partial charge in [-0.05, 0) is 57.6 Å². The van der Waals surface area contributed by atoms with Gasteiger partial charge in [0.15, 0.2) is 0 Å². The van der Waals surface area contributed by atoms with E-state index in [9.17, 15) is 0 Å². The summed E-state index contributed by atoms with van der Waals surface area (Å²) in [6, 6.07) is 61.3. The first-order chi connectivity index (χ1) is 21.8. The molecule has 3 nitrogen and oxygen atoms in total. The van der Waals surface area contributed by atoms with Crippen LogP contribution in [0, 0.1) is 0 Å². The van der Waals surface area contributed by atoms with Crippen molar-refractivity contribution in [3.8, 4) is 22.8 Å². The van der Waals surface area contributed by atoms with Gasteiger partial charge in [-0.25, -0.2) is 15.0 Å². The molecule has 0 aliphatic rings. The van der Waals surface area contributed by atoms with E-state index in [2.05, 4.69) is 152 Å². The first kappa shape index (κ1) is 28.0. The largest absolute Gasteiger partial charge is 0.246 e. The van der Waals surface area contributed by atoms with Gasteiger partial charge in [-0.2, -0.15) is 0 Å². The minimum Gasteiger partial charge on any atom is -0.246 e. The van der Waals surface area contributed by atoms with Crippen LogP contribution >= 0.6 is 15.8 Å². The summed E-state index contributed by atoms with van der Waals surface area (Å²) < 4.78 is 0. The van der Waals surface area contributed by atoms with E-state index in [4.69, 9.17) is 15.0 Å². The third-order valence-corrected chi connectivity index (χ3v) is 11.9. The predicted octanol–water partition coefficient (Wildman–Crippen LogP) is 6.72. The van der Waals surface area contributed by atoms with Crippen LogP contribution < -0.4 is 32.1 Å². The van der Waals surface area contributed by atoms with Crippen LogP contribution in [0.2, 0.25) is 0 Å². The molecule has 0 amide bonds. The Morgan fingerprint density at radius 2 is 0.523 bits per heavy atom. The van der Waals surface area contributed by atoms with Crippen molar-refractivity contribution in [3.05, 3.63) is 176 Å². The summed E-state index contributed by atoms with van der Waals surface area (Å²) in [5.41, 5.74) is 5.49. The van der Waals surface area contributed by atoms with Crippen LogP contribution in [-0.4, -0.2) is 15.0 Å². The molecule has 0 saturated carbocycles. The lowest BCUT2D eigenvalue weighted by atomic mass is 10.2. The SMILES string of the molecule is c1ccc(P(c2ccccc2)c2cccc(-c3cccc(-c4cccc(P(c5ccccc5)c5ccccc5)n4)n3)n2)cc1. The number of hydrogen-bond acceptors (Lipinski definition) is 3. The monoisotopic (exact) mass is 601 g/mol. The van der Waals surface area contributed by atoms with Gasteiger partial charge in [-0.15, -0.1) is 0 Å². The van der Waals surface area contributed by atoms with E-state index < -0.39 is 15.8 Å². The lowest BCUT2D eigenvalue weighted by Crippen LogP contribution is -2.23. The van der Waals surface area contributed by atoms with Crippen molar-refractivity contribution in [3.63, 3.8) is 0 Å². The standard InChI is InChI=1S/C39H29N3P2/c1-5-16-30(17-6-1)43(31-18-7-2-8-19-31)38-28-14-26-36(41-38)34-24-13-25-35(40-34)37-27-15-29-39(42-37)44(32-20-9-3-10-21-32)33-22-11-4-12-23-33/h1-29H. The van der Waals surface area contributed by atoms with E-state index in [0.29, 0.717) is 0 Å². The zero-order valence-corrected chi connectivity index (χ0v) is 25.8. The molecule has 5 heteroatoms. The van der Waals surface area contributed by atoms with Crippen LogP contribution in [0.3, 0.4) is 0 Å². The molecule has 0 bridgehead atoms. The summed E-state index contributed by atoms with van der Waals surface area (Å²) in [5.74, 6) is 0. The van der Waals surface area contributed by atoms with Gasteiger partial charge in [0.1, 0.15) is 0 Å². The average molecular weight is 602 g/mol. The molecular formula is C39H29N3P2. The van der Waals surface area contributed by atoms with Crippen molar-refractivity contribution in [2.24, 2.45) is 0 Å². The molecule has 210 valence electrons. The Hall–Kier alpha value is -4.81. The fourth-order valence-electron chi connectivity index (χ4n) is 5.24. The molecule has 0 atom stereocenters. The summed E-state index contributed by atoms with van der Waals surface area (Å²) in [4.78, 5) is 15.5. The second kappa shape index (κ2) is 13.2. The quantitative estimate of drug-likeness (QED) is 0.182. The average Bonchev–Trinajstić information content (AvgIpc) is 3.11. The highest BCUT2D eigenvalue weighted by molar-refractivity contribution is 7.80. The Kier molecular flexibility index (Phi) is 8.41. The number of aromatic nitrogens is 3. The van der Waals surface area contributed by atoms with Gasteiger partial charge >= 0.3 is 0 Å². The maximum Gasteiger partial charge on any atom is 0.0894 e. The van der Waals surface area contributed by atoms with Gasteiger partial charge in [0.05, 0.1) is 33.6 Å². The lowest BCUT2D eigenvalue weighted by molar-refractivity contribution is 1.24. The topological polar surface area (TPSA) is 38.7 Å². The summed E-state index contributed by atoms with van der Waals surface area (Å²) in [5, 5.41) is 5.09. The number of hydrogen-bond donors (Lipinski definition) is 0. The molecule has 7 aromatic rings. The third kappa shape index (κ3) is 6.12. The number of nitrogens with zero attached hydrogens (tertiary/aromatic N) is 3. The molecule has 44 heavy (non-hydrogen) atoms. The Bertz CT molecular complexity index is 1750. The molecule has 0 spiro atoms. The Labute approximate surface area is 260 Å². The van der Waals surface area contributed by atoms with Gasteiger partial charge in [0.25, 0.3) is 0 Å². The number of pyridine rings is 3. The van der Waals surface area contributed by atoms with Crippen molar-refractivity contribution in [2.75, 3.05) is 0 Å². The maximum absolute atomic E-state index is 5.21. The molecule has 0 aliphatic carbocycles. The second-order valence-electron chi connectivity index (χ2n) is 10.2. The summed E-state index contributed by atoms with van der Waals surface area (Å²) in [6.07, 6.45) is 0.